The Hall–Kier alpha value is -3.80. The molecule has 0 bridgehead atoms. The molecule has 6 heteroatoms. The first-order chi connectivity index (χ1) is 15.6. The van der Waals surface area contributed by atoms with E-state index in [1.807, 2.05) is 42.5 Å². The van der Waals surface area contributed by atoms with Crippen molar-refractivity contribution in [1.29, 1.82) is 0 Å². The summed E-state index contributed by atoms with van der Waals surface area (Å²) in [6.45, 7) is 2.56. The molecule has 0 aliphatic heterocycles. The minimum atomic E-state index is -0.162. The molecule has 0 aliphatic carbocycles. The van der Waals surface area contributed by atoms with Gasteiger partial charge in [-0.3, -0.25) is 9.59 Å². The molecule has 0 heterocycles. The van der Waals surface area contributed by atoms with Crippen molar-refractivity contribution in [3.63, 3.8) is 0 Å². The lowest BCUT2D eigenvalue weighted by atomic mass is 10.1. The summed E-state index contributed by atoms with van der Waals surface area (Å²) in [4.78, 5) is 23.7. The largest absolute Gasteiger partial charge is 0.494 e. The van der Waals surface area contributed by atoms with Gasteiger partial charge < -0.3 is 20.7 Å². The van der Waals surface area contributed by atoms with Gasteiger partial charge in [0.1, 0.15) is 5.75 Å². The van der Waals surface area contributed by atoms with Crippen LogP contribution in [0.25, 0.3) is 0 Å². The monoisotopic (exact) mass is 431 g/mol. The zero-order valence-electron chi connectivity index (χ0n) is 18.3. The van der Waals surface area contributed by atoms with Gasteiger partial charge in [-0.25, -0.2) is 0 Å². The Bertz CT molecular complexity index is 1000. The van der Waals surface area contributed by atoms with Gasteiger partial charge in [0.25, 0.3) is 0 Å². The van der Waals surface area contributed by atoms with Crippen molar-refractivity contribution >= 4 is 28.9 Å². The van der Waals surface area contributed by atoms with Crippen LogP contribution >= 0.6 is 0 Å². The van der Waals surface area contributed by atoms with Gasteiger partial charge in [-0.05, 0) is 54.8 Å². The summed E-state index contributed by atoms with van der Waals surface area (Å²) >= 11 is 0. The number of hydrogen-bond donors (Lipinski definition) is 3. The van der Waals surface area contributed by atoms with Crippen LogP contribution in [0.4, 0.5) is 17.1 Å². The third-order valence-corrected chi connectivity index (χ3v) is 4.78. The lowest BCUT2D eigenvalue weighted by Gasteiger charge is -2.11. The molecule has 0 saturated carbocycles. The molecule has 3 N–H and O–H groups in total. The molecule has 0 aromatic heterocycles. The standard InChI is InChI=1S/C26H29N3O3/c1-2-25(30)28-21-13-15-22(16-14-21)29-26(31)19-27-23-11-6-12-24(18-23)32-17-7-10-20-8-4-3-5-9-20/h3-6,8-9,11-16,18,27H,2,7,10,17,19H2,1H3,(H,28,30)(H,29,31). The molecule has 3 aromatic rings. The summed E-state index contributed by atoms with van der Waals surface area (Å²) in [6, 6.07) is 25.0. The maximum Gasteiger partial charge on any atom is 0.243 e. The fraction of sp³-hybridized carbons (Fsp3) is 0.231. The summed E-state index contributed by atoms with van der Waals surface area (Å²) in [7, 11) is 0. The van der Waals surface area contributed by atoms with E-state index in [0.29, 0.717) is 24.4 Å². The van der Waals surface area contributed by atoms with Crippen molar-refractivity contribution in [3.8, 4) is 5.75 Å². The van der Waals surface area contributed by atoms with Gasteiger partial charge in [-0.2, -0.15) is 0 Å². The Morgan fingerprint density at radius 3 is 2.16 bits per heavy atom. The molecule has 0 aliphatic rings. The van der Waals surface area contributed by atoms with E-state index in [1.54, 1.807) is 31.2 Å². The lowest BCUT2D eigenvalue weighted by molar-refractivity contribution is -0.116. The minimum absolute atomic E-state index is 0.0478. The quantitative estimate of drug-likeness (QED) is 0.369. The zero-order valence-corrected chi connectivity index (χ0v) is 18.3. The first kappa shape index (κ1) is 22.9. The number of aryl methyl sites for hydroxylation is 1. The number of rotatable bonds is 11. The third-order valence-electron chi connectivity index (χ3n) is 4.78. The van der Waals surface area contributed by atoms with Crippen LogP contribution in [0.2, 0.25) is 0 Å². The Morgan fingerprint density at radius 1 is 0.781 bits per heavy atom. The fourth-order valence-corrected chi connectivity index (χ4v) is 3.08. The van der Waals surface area contributed by atoms with Crippen LogP contribution in [0.3, 0.4) is 0 Å². The summed E-state index contributed by atoms with van der Waals surface area (Å²) in [5.74, 6) is 0.561. The Labute approximate surface area is 189 Å². The predicted octanol–water partition coefficient (Wildman–Crippen LogP) is 5.10. The van der Waals surface area contributed by atoms with Crippen LogP contribution in [0.5, 0.6) is 5.75 Å². The summed E-state index contributed by atoms with van der Waals surface area (Å²) in [5, 5.41) is 8.73. The molecule has 32 heavy (non-hydrogen) atoms. The number of carbonyl (C=O) groups is 2. The topological polar surface area (TPSA) is 79.5 Å². The second kappa shape index (κ2) is 12.2. The second-order valence-corrected chi connectivity index (χ2v) is 7.35. The van der Waals surface area contributed by atoms with E-state index < -0.39 is 0 Å². The molecule has 0 saturated heterocycles. The van der Waals surface area contributed by atoms with E-state index in [1.165, 1.54) is 5.56 Å². The molecular formula is C26H29N3O3. The van der Waals surface area contributed by atoms with Crippen molar-refractivity contribution in [2.24, 2.45) is 0 Å². The average molecular weight is 432 g/mol. The number of benzene rings is 3. The molecule has 0 spiro atoms. The van der Waals surface area contributed by atoms with E-state index in [0.717, 1.165) is 24.3 Å². The van der Waals surface area contributed by atoms with Crippen LogP contribution in [0.15, 0.2) is 78.9 Å². The number of anilines is 3. The predicted molar refractivity (Wildman–Crippen MR) is 129 cm³/mol. The normalized spacial score (nSPS) is 10.3. The molecule has 3 aromatic carbocycles. The highest BCUT2D eigenvalue weighted by molar-refractivity contribution is 5.94. The zero-order chi connectivity index (χ0) is 22.6. The molecule has 0 fully saturated rings. The highest BCUT2D eigenvalue weighted by Crippen LogP contribution is 2.18. The fourth-order valence-electron chi connectivity index (χ4n) is 3.08. The molecule has 0 unspecified atom stereocenters. The number of ether oxygens (including phenoxy) is 1. The number of nitrogens with one attached hydrogen (secondary N) is 3. The van der Waals surface area contributed by atoms with E-state index in [2.05, 4.69) is 28.1 Å². The molecule has 166 valence electrons. The van der Waals surface area contributed by atoms with Crippen molar-refractivity contribution in [1.82, 2.24) is 0 Å². The summed E-state index contributed by atoms with van der Waals surface area (Å²) in [5.41, 5.74) is 3.49. The molecule has 0 radical (unpaired) electrons. The number of amides is 2. The van der Waals surface area contributed by atoms with E-state index in [9.17, 15) is 9.59 Å². The van der Waals surface area contributed by atoms with Crippen LogP contribution in [-0.4, -0.2) is 25.0 Å². The van der Waals surface area contributed by atoms with Crippen LogP contribution < -0.4 is 20.7 Å². The highest BCUT2D eigenvalue weighted by Gasteiger charge is 2.05. The molecular weight excluding hydrogens is 402 g/mol. The highest BCUT2D eigenvalue weighted by atomic mass is 16.5. The van der Waals surface area contributed by atoms with Gasteiger partial charge in [0.15, 0.2) is 0 Å². The van der Waals surface area contributed by atoms with Crippen LogP contribution in [0, 0.1) is 0 Å². The van der Waals surface area contributed by atoms with Gasteiger partial charge in [-0.15, -0.1) is 0 Å². The Kier molecular flexibility index (Phi) is 8.69. The van der Waals surface area contributed by atoms with Crippen LogP contribution in [-0.2, 0) is 16.0 Å². The maximum absolute atomic E-state index is 12.3. The summed E-state index contributed by atoms with van der Waals surface area (Å²) in [6.07, 6.45) is 2.33. The number of carbonyl (C=O) groups excluding carboxylic acids is 2. The van der Waals surface area contributed by atoms with Crippen molar-refractivity contribution in [2.45, 2.75) is 26.2 Å². The Morgan fingerprint density at radius 2 is 1.47 bits per heavy atom. The van der Waals surface area contributed by atoms with E-state index in [-0.39, 0.29) is 18.4 Å². The minimum Gasteiger partial charge on any atom is -0.494 e. The smallest absolute Gasteiger partial charge is 0.243 e. The molecule has 3 rings (SSSR count). The van der Waals surface area contributed by atoms with Gasteiger partial charge in [0.2, 0.25) is 11.8 Å². The van der Waals surface area contributed by atoms with Crippen molar-refractivity contribution in [2.75, 3.05) is 29.1 Å². The van der Waals surface area contributed by atoms with Gasteiger partial charge in [0, 0.05) is 29.5 Å². The molecule has 2 amide bonds. The third kappa shape index (κ3) is 7.80. The van der Waals surface area contributed by atoms with Crippen molar-refractivity contribution < 1.29 is 14.3 Å². The van der Waals surface area contributed by atoms with Gasteiger partial charge in [-0.1, -0.05) is 43.3 Å². The first-order valence-electron chi connectivity index (χ1n) is 10.8. The average Bonchev–Trinajstić information content (AvgIpc) is 2.83. The lowest BCUT2D eigenvalue weighted by Crippen LogP contribution is -2.21. The Balaban J connectivity index is 1.40. The van der Waals surface area contributed by atoms with Gasteiger partial charge in [0.05, 0.1) is 13.2 Å². The second-order valence-electron chi connectivity index (χ2n) is 7.35. The molecule has 0 atom stereocenters. The summed E-state index contributed by atoms with van der Waals surface area (Å²) < 4.78 is 5.85. The van der Waals surface area contributed by atoms with Crippen LogP contribution in [0.1, 0.15) is 25.3 Å². The van der Waals surface area contributed by atoms with Crippen molar-refractivity contribution in [3.05, 3.63) is 84.4 Å². The molecule has 6 nitrogen and oxygen atoms in total. The maximum atomic E-state index is 12.3. The van der Waals surface area contributed by atoms with E-state index in [4.69, 9.17) is 4.74 Å². The van der Waals surface area contributed by atoms with E-state index >= 15 is 0 Å². The number of hydrogen-bond acceptors (Lipinski definition) is 4. The van der Waals surface area contributed by atoms with Gasteiger partial charge >= 0.3 is 0 Å². The SMILES string of the molecule is CCC(=O)Nc1ccc(NC(=O)CNc2cccc(OCCCc3ccccc3)c2)cc1. The first-order valence-corrected chi connectivity index (χ1v) is 10.8.